The van der Waals surface area contributed by atoms with E-state index in [1.807, 2.05) is 38.1 Å². The van der Waals surface area contributed by atoms with E-state index in [0.717, 1.165) is 22.1 Å². The van der Waals surface area contributed by atoms with Crippen LogP contribution in [0.4, 0.5) is 0 Å². The van der Waals surface area contributed by atoms with Gasteiger partial charge in [-0.25, -0.2) is 4.79 Å². The molecule has 0 amide bonds. The van der Waals surface area contributed by atoms with Crippen LogP contribution in [-0.2, 0) is 11.2 Å². The summed E-state index contributed by atoms with van der Waals surface area (Å²) in [7, 11) is 0. The van der Waals surface area contributed by atoms with Crippen LogP contribution in [0.2, 0.25) is 5.02 Å². The van der Waals surface area contributed by atoms with Gasteiger partial charge in [0.25, 0.3) is 0 Å². The van der Waals surface area contributed by atoms with E-state index in [1.54, 1.807) is 6.07 Å². The van der Waals surface area contributed by atoms with Crippen molar-refractivity contribution in [2.45, 2.75) is 27.2 Å². The number of hydrogen-bond donors (Lipinski definition) is 0. The fourth-order valence-electron chi connectivity index (χ4n) is 2.85. The number of ether oxygens (including phenoxy) is 1. The molecule has 0 N–H and O–H groups in total. The largest absolute Gasteiger partial charge is 0.425 e. The highest BCUT2D eigenvalue weighted by Gasteiger charge is 2.15. The highest BCUT2D eigenvalue weighted by atomic mass is 35.5. The van der Waals surface area contributed by atoms with Gasteiger partial charge in [-0.15, -0.1) is 0 Å². The molecule has 0 bridgehead atoms. The van der Waals surface area contributed by atoms with E-state index in [9.17, 15) is 9.59 Å². The summed E-state index contributed by atoms with van der Waals surface area (Å²) < 4.78 is 10.5. The van der Waals surface area contributed by atoms with E-state index in [-0.39, 0.29) is 5.75 Å². The molecular formula is C20H17ClO4. The van der Waals surface area contributed by atoms with Crippen LogP contribution in [0.5, 0.6) is 5.75 Å². The standard InChI is InChI=1S/C20H17ClO4/c1-11-5-4-6-14(7-11)8-16-12(2)15-9-17(21)19(24-13(3)22)10-18(15)25-20(16)23/h4-7,9-10H,8H2,1-3H3. The third-order valence-electron chi connectivity index (χ3n) is 4.06. The van der Waals surface area contributed by atoms with Crippen LogP contribution in [0.25, 0.3) is 11.0 Å². The fraction of sp³-hybridized carbons (Fsp3) is 0.200. The molecule has 0 aliphatic rings. The molecule has 0 spiro atoms. The summed E-state index contributed by atoms with van der Waals surface area (Å²) in [5.41, 5.74) is 3.52. The first-order valence-electron chi connectivity index (χ1n) is 7.85. The molecule has 0 unspecified atom stereocenters. The van der Waals surface area contributed by atoms with E-state index in [2.05, 4.69) is 0 Å². The van der Waals surface area contributed by atoms with Crippen LogP contribution in [-0.4, -0.2) is 5.97 Å². The Hall–Kier alpha value is -2.59. The number of rotatable bonds is 3. The molecule has 3 rings (SSSR count). The first kappa shape index (κ1) is 17.2. The van der Waals surface area contributed by atoms with Crippen LogP contribution in [0.1, 0.15) is 29.2 Å². The molecule has 128 valence electrons. The number of halogens is 1. The molecule has 0 saturated heterocycles. The average molecular weight is 357 g/mol. The Kier molecular flexibility index (Phi) is 4.64. The smallest absolute Gasteiger partial charge is 0.340 e. The third kappa shape index (κ3) is 3.59. The number of fused-ring (bicyclic) bond motifs is 1. The number of benzene rings is 2. The van der Waals surface area contributed by atoms with Gasteiger partial charge in [-0.05, 0) is 31.0 Å². The van der Waals surface area contributed by atoms with Gasteiger partial charge in [-0.2, -0.15) is 0 Å². The molecule has 0 saturated carbocycles. The van der Waals surface area contributed by atoms with E-state index in [1.165, 1.54) is 13.0 Å². The summed E-state index contributed by atoms with van der Waals surface area (Å²) in [6.07, 6.45) is 0.481. The monoisotopic (exact) mass is 356 g/mol. The van der Waals surface area contributed by atoms with Gasteiger partial charge in [0.2, 0.25) is 0 Å². The van der Waals surface area contributed by atoms with Crippen molar-refractivity contribution in [3.05, 3.63) is 74.1 Å². The Morgan fingerprint density at radius 2 is 1.96 bits per heavy atom. The minimum atomic E-state index is -0.489. The quantitative estimate of drug-likeness (QED) is 0.391. The van der Waals surface area contributed by atoms with Gasteiger partial charge in [0, 0.05) is 30.4 Å². The number of esters is 1. The molecular weight excluding hydrogens is 340 g/mol. The lowest BCUT2D eigenvalue weighted by atomic mass is 9.99. The predicted molar refractivity (Wildman–Crippen MR) is 97.5 cm³/mol. The minimum absolute atomic E-state index is 0.177. The molecule has 0 fully saturated rings. The summed E-state index contributed by atoms with van der Waals surface area (Å²) in [5, 5.41) is 1.02. The number of hydrogen-bond acceptors (Lipinski definition) is 4. The first-order chi connectivity index (χ1) is 11.8. The molecule has 0 radical (unpaired) electrons. The Morgan fingerprint density at radius 1 is 1.20 bits per heavy atom. The Labute approximate surface area is 150 Å². The van der Waals surface area contributed by atoms with Crippen molar-refractivity contribution in [1.29, 1.82) is 0 Å². The van der Waals surface area contributed by atoms with Gasteiger partial charge in [-0.3, -0.25) is 4.79 Å². The molecule has 0 atom stereocenters. The van der Waals surface area contributed by atoms with Crippen molar-refractivity contribution in [1.82, 2.24) is 0 Å². The Morgan fingerprint density at radius 3 is 2.64 bits per heavy atom. The highest BCUT2D eigenvalue weighted by Crippen LogP contribution is 2.32. The fourth-order valence-corrected chi connectivity index (χ4v) is 3.06. The Bertz CT molecular complexity index is 1030. The first-order valence-corrected chi connectivity index (χ1v) is 8.22. The topological polar surface area (TPSA) is 56.5 Å². The van der Waals surface area contributed by atoms with Crippen molar-refractivity contribution in [2.75, 3.05) is 0 Å². The zero-order valence-electron chi connectivity index (χ0n) is 14.2. The molecule has 4 nitrogen and oxygen atoms in total. The van der Waals surface area contributed by atoms with Crippen molar-refractivity contribution in [2.24, 2.45) is 0 Å². The van der Waals surface area contributed by atoms with Crippen LogP contribution < -0.4 is 10.4 Å². The number of aryl methyl sites for hydroxylation is 2. The lowest BCUT2D eigenvalue weighted by Gasteiger charge is -2.11. The lowest BCUT2D eigenvalue weighted by Crippen LogP contribution is -2.11. The molecule has 5 heteroatoms. The van der Waals surface area contributed by atoms with Gasteiger partial charge in [-0.1, -0.05) is 41.4 Å². The minimum Gasteiger partial charge on any atom is -0.425 e. The summed E-state index contributed by atoms with van der Waals surface area (Å²) in [6.45, 7) is 5.16. The third-order valence-corrected chi connectivity index (χ3v) is 4.35. The lowest BCUT2D eigenvalue weighted by molar-refractivity contribution is -0.131. The predicted octanol–water partition coefficient (Wildman–Crippen LogP) is 4.58. The van der Waals surface area contributed by atoms with Gasteiger partial charge >= 0.3 is 11.6 Å². The van der Waals surface area contributed by atoms with Crippen molar-refractivity contribution >= 4 is 28.5 Å². The second-order valence-electron chi connectivity index (χ2n) is 6.03. The van der Waals surface area contributed by atoms with E-state index >= 15 is 0 Å². The highest BCUT2D eigenvalue weighted by molar-refractivity contribution is 6.33. The van der Waals surface area contributed by atoms with Crippen molar-refractivity contribution < 1.29 is 13.9 Å². The van der Waals surface area contributed by atoms with Gasteiger partial charge in [0.15, 0.2) is 5.75 Å². The van der Waals surface area contributed by atoms with Crippen LogP contribution >= 0.6 is 11.6 Å². The van der Waals surface area contributed by atoms with Gasteiger partial charge in [0.05, 0.1) is 5.02 Å². The molecule has 25 heavy (non-hydrogen) atoms. The maximum absolute atomic E-state index is 12.5. The summed E-state index contributed by atoms with van der Waals surface area (Å²) in [4.78, 5) is 23.6. The molecule has 1 aromatic heterocycles. The Balaban J connectivity index is 2.12. The SMILES string of the molecule is CC(=O)Oc1cc2oc(=O)c(Cc3cccc(C)c3)c(C)c2cc1Cl. The van der Waals surface area contributed by atoms with E-state index in [0.29, 0.717) is 22.6 Å². The van der Waals surface area contributed by atoms with Crippen molar-refractivity contribution in [3.63, 3.8) is 0 Å². The maximum Gasteiger partial charge on any atom is 0.340 e. The van der Waals surface area contributed by atoms with Crippen LogP contribution in [0.15, 0.2) is 45.6 Å². The van der Waals surface area contributed by atoms with E-state index in [4.69, 9.17) is 20.8 Å². The molecule has 1 heterocycles. The van der Waals surface area contributed by atoms with Gasteiger partial charge < -0.3 is 9.15 Å². The number of carbonyl (C=O) groups is 1. The zero-order chi connectivity index (χ0) is 18.1. The average Bonchev–Trinajstić information content (AvgIpc) is 2.53. The molecule has 3 aromatic rings. The zero-order valence-corrected chi connectivity index (χ0v) is 14.9. The summed E-state index contributed by atoms with van der Waals surface area (Å²) in [6, 6.07) is 11.1. The van der Waals surface area contributed by atoms with Gasteiger partial charge in [0.1, 0.15) is 5.58 Å². The van der Waals surface area contributed by atoms with Crippen LogP contribution in [0.3, 0.4) is 0 Å². The van der Waals surface area contributed by atoms with Crippen LogP contribution in [0, 0.1) is 13.8 Å². The van der Waals surface area contributed by atoms with E-state index < -0.39 is 11.6 Å². The summed E-state index contributed by atoms with van der Waals surface area (Å²) >= 11 is 6.20. The molecule has 0 aliphatic heterocycles. The second kappa shape index (κ2) is 6.73. The molecule has 0 aliphatic carbocycles. The maximum atomic E-state index is 12.5. The summed E-state index contributed by atoms with van der Waals surface area (Å²) in [5.74, 6) is -0.313. The van der Waals surface area contributed by atoms with Crippen molar-refractivity contribution in [3.8, 4) is 5.75 Å². The number of carbonyl (C=O) groups excluding carboxylic acids is 1. The second-order valence-corrected chi connectivity index (χ2v) is 6.44. The normalized spacial score (nSPS) is 10.9. The molecule has 2 aromatic carbocycles.